The van der Waals surface area contributed by atoms with Crippen molar-refractivity contribution in [2.24, 2.45) is 0 Å². The number of aromatic hydroxyl groups is 1. The van der Waals surface area contributed by atoms with Crippen LogP contribution in [0.4, 0.5) is 10.2 Å². The molecule has 20 heavy (non-hydrogen) atoms. The van der Waals surface area contributed by atoms with E-state index in [9.17, 15) is 9.50 Å². The van der Waals surface area contributed by atoms with Crippen molar-refractivity contribution in [3.05, 3.63) is 35.8 Å². The Labute approximate surface area is 116 Å². The van der Waals surface area contributed by atoms with E-state index in [-0.39, 0.29) is 5.75 Å². The molecule has 1 aliphatic rings. The number of nitrogens with one attached hydrogen (secondary N) is 1. The van der Waals surface area contributed by atoms with Gasteiger partial charge < -0.3 is 10.4 Å². The van der Waals surface area contributed by atoms with E-state index in [1.807, 2.05) is 13.0 Å². The van der Waals surface area contributed by atoms with Crippen LogP contribution in [0.1, 0.15) is 31.4 Å². The summed E-state index contributed by atoms with van der Waals surface area (Å²) in [6.45, 7) is 2.75. The minimum Gasteiger partial charge on any atom is -0.508 e. The average Bonchev–Trinajstić information content (AvgIpc) is 3.22. The standard InChI is InChI=1S/C15H16FN3O/c1-2-17-14-8-13(9-3-4-9)18-15(19-14)10-5-11(16)7-12(20)6-10/h5-9,20H,2-4H2,1H3,(H,17,18,19). The summed E-state index contributed by atoms with van der Waals surface area (Å²) in [5.41, 5.74) is 1.47. The fourth-order valence-electron chi connectivity index (χ4n) is 2.16. The lowest BCUT2D eigenvalue weighted by Gasteiger charge is -2.09. The maximum atomic E-state index is 13.4. The third-order valence-electron chi connectivity index (χ3n) is 3.24. The second kappa shape index (κ2) is 5.07. The minimum atomic E-state index is -0.495. The average molecular weight is 273 g/mol. The topological polar surface area (TPSA) is 58.0 Å². The molecule has 3 rings (SSSR count). The monoisotopic (exact) mass is 273 g/mol. The van der Waals surface area contributed by atoms with Crippen molar-refractivity contribution in [2.75, 3.05) is 11.9 Å². The van der Waals surface area contributed by atoms with Gasteiger partial charge in [-0.25, -0.2) is 14.4 Å². The molecule has 0 unspecified atom stereocenters. The molecular weight excluding hydrogens is 257 g/mol. The van der Waals surface area contributed by atoms with Gasteiger partial charge in [-0.2, -0.15) is 0 Å². The summed E-state index contributed by atoms with van der Waals surface area (Å²) in [6, 6.07) is 5.83. The van der Waals surface area contributed by atoms with Gasteiger partial charge in [0, 0.05) is 35.9 Å². The highest BCUT2D eigenvalue weighted by Gasteiger charge is 2.26. The Bertz CT molecular complexity index is 621. The quantitative estimate of drug-likeness (QED) is 0.897. The van der Waals surface area contributed by atoms with Crippen LogP contribution in [0.3, 0.4) is 0 Å². The summed E-state index contributed by atoms with van der Waals surface area (Å²) in [6.07, 6.45) is 2.27. The highest BCUT2D eigenvalue weighted by atomic mass is 19.1. The van der Waals surface area contributed by atoms with Gasteiger partial charge in [0.05, 0.1) is 0 Å². The summed E-state index contributed by atoms with van der Waals surface area (Å²) in [7, 11) is 0. The van der Waals surface area contributed by atoms with Crippen molar-refractivity contribution in [1.82, 2.24) is 9.97 Å². The summed E-state index contributed by atoms with van der Waals surface area (Å²) < 4.78 is 13.4. The molecule has 1 fully saturated rings. The second-order valence-electron chi connectivity index (χ2n) is 5.00. The number of hydrogen-bond donors (Lipinski definition) is 2. The maximum Gasteiger partial charge on any atom is 0.162 e. The maximum absolute atomic E-state index is 13.4. The molecule has 4 nitrogen and oxygen atoms in total. The fraction of sp³-hybridized carbons (Fsp3) is 0.333. The molecule has 2 N–H and O–H groups in total. The van der Waals surface area contributed by atoms with Crippen LogP contribution >= 0.6 is 0 Å². The molecule has 1 aromatic carbocycles. The summed E-state index contributed by atoms with van der Waals surface area (Å²) in [5, 5.41) is 12.7. The van der Waals surface area contributed by atoms with Gasteiger partial charge in [-0.1, -0.05) is 0 Å². The van der Waals surface area contributed by atoms with Crippen LogP contribution in [0.15, 0.2) is 24.3 Å². The zero-order valence-corrected chi connectivity index (χ0v) is 11.2. The van der Waals surface area contributed by atoms with E-state index in [4.69, 9.17) is 0 Å². The Morgan fingerprint density at radius 2 is 2.05 bits per heavy atom. The van der Waals surface area contributed by atoms with Crippen LogP contribution in [0.25, 0.3) is 11.4 Å². The number of anilines is 1. The molecule has 104 valence electrons. The lowest BCUT2D eigenvalue weighted by Crippen LogP contribution is -2.03. The first kappa shape index (κ1) is 12.8. The van der Waals surface area contributed by atoms with Crippen LogP contribution in [-0.4, -0.2) is 21.6 Å². The van der Waals surface area contributed by atoms with Gasteiger partial charge in [0.15, 0.2) is 5.82 Å². The Kier molecular flexibility index (Phi) is 3.26. The van der Waals surface area contributed by atoms with Crippen molar-refractivity contribution in [3.63, 3.8) is 0 Å². The Morgan fingerprint density at radius 3 is 2.70 bits per heavy atom. The van der Waals surface area contributed by atoms with Crippen molar-refractivity contribution < 1.29 is 9.50 Å². The number of phenolic OH excluding ortho intramolecular Hbond substituents is 1. The molecule has 1 heterocycles. The van der Waals surface area contributed by atoms with Crippen LogP contribution in [-0.2, 0) is 0 Å². The first-order chi connectivity index (χ1) is 9.65. The van der Waals surface area contributed by atoms with Gasteiger partial charge in [-0.05, 0) is 31.9 Å². The largest absolute Gasteiger partial charge is 0.508 e. The SMILES string of the molecule is CCNc1cc(C2CC2)nc(-c2cc(O)cc(F)c2)n1. The van der Waals surface area contributed by atoms with Crippen LogP contribution < -0.4 is 5.32 Å². The molecule has 0 radical (unpaired) electrons. The van der Waals surface area contributed by atoms with Gasteiger partial charge in [0.25, 0.3) is 0 Å². The summed E-state index contributed by atoms with van der Waals surface area (Å²) >= 11 is 0. The van der Waals surface area contributed by atoms with E-state index < -0.39 is 5.82 Å². The predicted molar refractivity (Wildman–Crippen MR) is 75.2 cm³/mol. The molecule has 0 bridgehead atoms. The molecule has 0 atom stereocenters. The second-order valence-corrected chi connectivity index (χ2v) is 5.00. The fourth-order valence-corrected chi connectivity index (χ4v) is 2.16. The van der Waals surface area contributed by atoms with Gasteiger partial charge >= 0.3 is 0 Å². The highest BCUT2D eigenvalue weighted by molar-refractivity contribution is 5.60. The van der Waals surface area contributed by atoms with E-state index in [0.29, 0.717) is 17.3 Å². The zero-order valence-electron chi connectivity index (χ0n) is 11.2. The lowest BCUT2D eigenvalue weighted by atomic mass is 10.1. The van der Waals surface area contributed by atoms with E-state index in [2.05, 4.69) is 15.3 Å². The van der Waals surface area contributed by atoms with Crippen molar-refractivity contribution in [3.8, 4) is 17.1 Å². The van der Waals surface area contributed by atoms with Crippen LogP contribution in [0.2, 0.25) is 0 Å². The first-order valence-corrected chi connectivity index (χ1v) is 6.78. The molecule has 1 aliphatic carbocycles. The summed E-state index contributed by atoms with van der Waals surface area (Å²) in [5.74, 6) is 1.05. The Balaban J connectivity index is 2.06. The number of phenols is 1. The number of halogens is 1. The number of nitrogens with zero attached hydrogens (tertiary/aromatic N) is 2. The van der Waals surface area contributed by atoms with Gasteiger partial charge in [-0.3, -0.25) is 0 Å². The lowest BCUT2D eigenvalue weighted by molar-refractivity contribution is 0.469. The normalized spacial score (nSPS) is 14.3. The molecular formula is C15H16FN3O. The van der Waals surface area contributed by atoms with Crippen molar-refractivity contribution >= 4 is 5.82 Å². The van der Waals surface area contributed by atoms with Gasteiger partial charge in [0.1, 0.15) is 17.4 Å². The smallest absolute Gasteiger partial charge is 0.162 e. The Hall–Kier alpha value is -2.17. The molecule has 1 saturated carbocycles. The molecule has 0 amide bonds. The van der Waals surface area contributed by atoms with E-state index in [0.717, 1.165) is 37.0 Å². The highest BCUT2D eigenvalue weighted by Crippen LogP contribution is 2.40. The Morgan fingerprint density at radius 1 is 1.25 bits per heavy atom. The van der Waals surface area contributed by atoms with Crippen molar-refractivity contribution in [1.29, 1.82) is 0 Å². The van der Waals surface area contributed by atoms with Gasteiger partial charge in [-0.15, -0.1) is 0 Å². The van der Waals surface area contributed by atoms with E-state index in [1.54, 1.807) is 0 Å². The zero-order chi connectivity index (χ0) is 14.1. The van der Waals surface area contributed by atoms with Crippen LogP contribution in [0, 0.1) is 5.82 Å². The third-order valence-corrected chi connectivity index (χ3v) is 3.24. The van der Waals surface area contributed by atoms with Gasteiger partial charge in [0.2, 0.25) is 0 Å². The molecule has 0 aliphatic heterocycles. The van der Waals surface area contributed by atoms with Crippen molar-refractivity contribution in [2.45, 2.75) is 25.7 Å². The predicted octanol–water partition coefficient (Wildman–Crippen LogP) is 3.30. The molecule has 1 aromatic heterocycles. The number of hydrogen-bond acceptors (Lipinski definition) is 4. The molecule has 2 aromatic rings. The first-order valence-electron chi connectivity index (χ1n) is 6.78. The van der Waals surface area contributed by atoms with Crippen LogP contribution in [0.5, 0.6) is 5.75 Å². The molecule has 0 spiro atoms. The number of aromatic nitrogens is 2. The minimum absolute atomic E-state index is 0.120. The summed E-state index contributed by atoms with van der Waals surface area (Å²) in [4.78, 5) is 8.89. The van der Waals surface area contributed by atoms with E-state index >= 15 is 0 Å². The molecule has 0 saturated heterocycles. The van der Waals surface area contributed by atoms with E-state index in [1.165, 1.54) is 12.1 Å². The molecule has 5 heteroatoms. The third kappa shape index (κ3) is 2.71. The number of benzene rings is 1. The number of rotatable bonds is 4.